The van der Waals surface area contributed by atoms with Crippen LogP contribution in [0.1, 0.15) is 97.3 Å². The second kappa shape index (κ2) is 17.7. The molecule has 2 saturated carbocycles. The molecule has 8 nitrogen and oxygen atoms in total. The zero-order valence-corrected chi connectivity index (χ0v) is 23.6. The lowest BCUT2D eigenvalue weighted by Gasteiger charge is -2.22. The Kier molecular flexibility index (Phi) is 15.5. The molecule has 35 heavy (non-hydrogen) atoms. The van der Waals surface area contributed by atoms with Gasteiger partial charge < -0.3 is 28.1 Å². The number of unbranched alkanes of at least 4 members (excludes halogenated alkanes) is 2. The number of carbonyl (C=O) groups excluding carboxylic acids is 2. The van der Waals surface area contributed by atoms with Crippen LogP contribution in [-0.2, 0) is 37.7 Å². The zero-order valence-electron chi connectivity index (χ0n) is 21.6. The fourth-order valence-electron chi connectivity index (χ4n) is 4.56. The van der Waals surface area contributed by atoms with E-state index in [1.54, 1.807) is 13.8 Å². The average molecular weight is 537 g/mol. The highest BCUT2D eigenvalue weighted by Crippen LogP contribution is 2.33. The first-order valence-electron chi connectivity index (χ1n) is 13.5. The van der Waals surface area contributed by atoms with Crippen LogP contribution in [0, 0.1) is 0 Å². The zero-order chi connectivity index (χ0) is 25.5. The molecule has 2 fully saturated rings. The van der Waals surface area contributed by atoms with E-state index in [4.69, 9.17) is 18.9 Å². The van der Waals surface area contributed by atoms with Gasteiger partial charge in [0.1, 0.15) is 52.7 Å². The van der Waals surface area contributed by atoms with Crippen LogP contribution in [0.2, 0.25) is 0 Å². The topological polar surface area (TPSA) is 105 Å². The van der Waals surface area contributed by atoms with Crippen molar-refractivity contribution in [1.29, 1.82) is 0 Å². The second-order valence-corrected chi connectivity index (χ2v) is 14.4. The molecule has 0 bridgehead atoms. The highest BCUT2D eigenvalue weighted by molar-refractivity contribution is 7.45. The predicted molar refractivity (Wildman–Crippen MR) is 138 cm³/mol. The molecule has 0 spiro atoms. The van der Waals surface area contributed by atoms with E-state index in [-0.39, 0.29) is 37.4 Å². The van der Waals surface area contributed by atoms with Gasteiger partial charge in [-0.15, -0.1) is 0 Å². The monoisotopic (exact) mass is 536 g/mol. The van der Waals surface area contributed by atoms with Crippen molar-refractivity contribution in [2.75, 3.05) is 25.5 Å². The molecular weight excluding hydrogens is 490 g/mol. The first kappa shape index (κ1) is 30.5. The van der Waals surface area contributed by atoms with E-state index < -0.39 is 27.3 Å². The molecule has 0 aliphatic heterocycles. The number of hydrogen-bond acceptors (Lipinski definition) is 8. The number of carbonyl (C=O) groups is 2. The van der Waals surface area contributed by atoms with Crippen LogP contribution in [0.3, 0.4) is 0 Å². The highest BCUT2D eigenvalue weighted by atomic mass is 31.1. The van der Waals surface area contributed by atoms with Crippen LogP contribution < -0.4 is 0 Å². The summed E-state index contributed by atoms with van der Waals surface area (Å²) >= 11 is 0. The van der Waals surface area contributed by atoms with Crippen LogP contribution >= 0.6 is 15.6 Å². The molecule has 0 radical (unpaired) electrons. The fourth-order valence-corrected chi connectivity index (χ4v) is 7.11. The van der Waals surface area contributed by atoms with Crippen molar-refractivity contribution in [1.82, 2.24) is 0 Å². The SMILES string of the molecule is CC(OCC(=O)OC1CCCCC1)[PH](=O)CCCCC[PH](=O)C(C)OCC(=O)OC1CCCCC1. The predicted octanol–water partition coefficient (Wildman–Crippen LogP) is 5.75. The van der Waals surface area contributed by atoms with Gasteiger partial charge in [-0.05, 0) is 78.1 Å². The summed E-state index contributed by atoms with van der Waals surface area (Å²) in [7, 11) is -3.94. The van der Waals surface area contributed by atoms with Crippen LogP contribution in [0.25, 0.3) is 0 Å². The summed E-state index contributed by atoms with van der Waals surface area (Å²) in [5.74, 6) is -1.66. The Hall–Kier alpha value is -0.680. The summed E-state index contributed by atoms with van der Waals surface area (Å²) in [6.07, 6.45) is 13.9. The minimum Gasteiger partial charge on any atom is -0.461 e. The van der Waals surface area contributed by atoms with Crippen LogP contribution in [-0.4, -0.2) is 61.4 Å². The molecule has 0 amide bonds. The summed E-state index contributed by atoms with van der Waals surface area (Å²) < 4.78 is 46.7. The standard InChI is InChI=1S/C25H46O8P2/c1-20(30-18-24(26)32-22-12-6-3-7-13-22)34(28)16-10-5-11-17-35(29)21(2)31-19-25(27)33-23-14-8-4-9-15-23/h20-23,34-35H,3-19H2,1-2H3. The maximum atomic E-state index is 12.4. The van der Waals surface area contributed by atoms with Crippen molar-refractivity contribution in [2.45, 2.75) is 121 Å². The Morgan fingerprint density at radius 3 is 1.40 bits per heavy atom. The summed E-state index contributed by atoms with van der Waals surface area (Å²) in [5.41, 5.74) is 0. The smallest absolute Gasteiger partial charge is 0.332 e. The molecule has 0 heterocycles. The Morgan fingerprint density at radius 2 is 1.03 bits per heavy atom. The maximum Gasteiger partial charge on any atom is 0.332 e. The van der Waals surface area contributed by atoms with Gasteiger partial charge in [0.15, 0.2) is 0 Å². The van der Waals surface area contributed by atoms with Crippen LogP contribution in [0.5, 0.6) is 0 Å². The summed E-state index contributed by atoms with van der Waals surface area (Å²) in [6, 6.07) is 0. The first-order valence-corrected chi connectivity index (χ1v) is 16.9. The van der Waals surface area contributed by atoms with Crippen molar-refractivity contribution in [3.05, 3.63) is 0 Å². The van der Waals surface area contributed by atoms with Gasteiger partial charge in [0.25, 0.3) is 0 Å². The van der Waals surface area contributed by atoms with Gasteiger partial charge in [-0.1, -0.05) is 19.3 Å². The number of hydrogen-bond donors (Lipinski definition) is 0. The van der Waals surface area contributed by atoms with Crippen molar-refractivity contribution < 1.29 is 37.7 Å². The maximum absolute atomic E-state index is 12.4. The number of rotatable bonds is 16. The molecule has 0 aromatic rings. The van der Waals surface area contributed by atoms with E-state index in [0.29, 0.717) is 12.3 Å². The molecule has 2 aliphatic carbocycles. The van der Waals surface area contributed by atoms with E-state index >= 15 is 0 Å². The van der Waals surface area contributed by atoms with Gasteiger partial charge in [-0.25, -0.2) is 9.59 Å². The number of ether oxygens (including phenoxy) is 4. The van der Waals surface area contributed by atoms with Crippen molar-refractivity contribution in [3.63, 3.8) is 0 Å². The minimum absolute atomic E-state index is 0.00289. The third kappa shape index (κ3) is 13.4. The Balaban J connectivity index is 1.48. The number of esters is 2. The molecule has 4 unspecified atom stereocenters. The lowest BCUT2D eigenvalue weighted by molar-refractivity contribution is -0.157. The van der Waals surface area contributed by atoms with Gasteiger partial charge in [-0.2, -0.15) is 0 Å². The quantitative estimate of drug-likeness (QED) is 0.139. The lowest BCUT2D eigenvalue weighted by atomic mass is 9.98. The minimum atomic E-state index is -1.97. The normalized spacial score (nSPS) is 21.1. The summed E-state index contributed by atoms with van der Waals surface area (Å²) in [5, 5.41) is 0. The lowest BCUT2D eigenvalue weighted by Crippen LogP contribution is -2.24. The van der Waals surface area contributed by atoms with Gasteiger partial charge in [0, 0.05) is 12.3 Å². The molecule has 2 aliphatic rings. The van der Waals surface area contributed by atoms with Crippen LogP contribution in [0.15, 0.2) is 0 Å². The fraction of sp³-hybridized carbons (Fsp3) is 0.920. The molecule has 2 rings (SSSR count). The molecule has 0 N–H and O–H groups in total. The van der Waals surface area contributed by atoms with E-state index in [9.17, 15) is 18.7 Å². The average Bonchev–Trinajstić information content (AvgIpc) is 2.86. The summed E-state index contributed by atoms with van der Waals surface area (Å²) in [6.45, 7) is 3.18. The Bertz CT molecular complexity index is 618. The molecule has 0 aromatic heterocycles. The molecule has 10 heteroatoms. The van der Waals surface area contributed by atoms with Gasteiger partial charge in [0.05, 0.1) is 0 Å². The van der Waals surface area contributed by atoms with E-state index in [1.807, 2.05) is 0 Å². The largest absolute Gasteiger partial charge is 0.461 e. The van der Waals surface area contributed by atoms with Crippen molar-refractivity contribution >= 4 is 27.5 Å². The molecule has 204 valence electrons. The van der Waals surface area contributed by atoms with Gasteiger partial charge in [-0.3, -0.25) is 0 Å². The Morgan fingerprint density at radius 1 is 0.657 bits per heavy atom. The van der Waals surface area contributed by atoms with Crippen molar-refractivity contribution in [2.24, 2.45) is 0 Å². The molecule has 4 atom stereocenters. The molecular formula is C25H46O8P2. The highest BCUT2D eigenvalue weighted by Gasteiger charge is 2.21. The summed E-state index contributed by atoms with van der Waals surface area (Å²) in [4.78, 5) is 23.9. The second-order valence-electron chi connectivity index (χ2n) is 9.90. The molecule has 0 saturated heterocycles. The van der Waals surface area contributed by atoms with Crippen molar-refractivity contribution in [3.8, 4) is 0 Å². The van der Waals surface area contributed by atoms with Gasteiger partial charge >= 0.3 is 11.9 Å². The van der Waals surface area contributed by atoms with E-state index in [1.165, 1.54) is 12.8 Å². The van der Waals surface area contributed by atoms with E-state index in [2.05, 4.69) is 0 Å². The van der Waals surface area contributed by atoms with Crippen LogP contribution in [0.4, 0.5) is 0 Å². The third-order valence-electron chi connectivity index (χ3n) is 6.86. The Labute approximate surface area is 212 Å². The molecule has 0 aromatic carbocycles. The van der Waals surface area contributed by atoms with E-state index in [0.717, 1.165) is 70.6 Å². The third-order valence-corrected chi connectivity index (χ3v) is 10.7. The first-order chi connectivity index (χ1) is 16.8. The van der Waals surface area contributed by atoms with Gasteiger partial charge in [0.2, 0.25) is 0 Å².